The van der Waals surface area contributed by atoms with E-state index in [0.29, 0.717) is 6.54 Å². The average Bonchev–Trinajstić information content (AvgIpc) is 2.16. The van der Waals surface area contributed by atoms with E-state index in [1.165, 1.54) is 7.11 Å². The summed E-state index contributed by atoms with van der Waals surface area (Å²) in [4.78, 5) is 13.1. The second-order valence-corrected chi connectivity index (χ2v) is 4.28. The maximum atomic E-state index is 11.2. The summed E-state index contributed by atoms with van der Waals surface area (Å²) in [6.07, 6.45) is 0. The van der Waals surface area contributed by atoms with Crippen LogP contribution in [0.5, 0.6) is 0 Å². The fourth-order valence-electron chi connectivity index (χ4n) is 1.05. The molecule has 0 spiro atoms. The molecule has 4 heteroatoms. The quantitative estimate of drug-likeness (QED) is 0.661. The monoisotopic (exact) mass is 203 g/mol. The van der Waals surface area contributed by atoms with E-state index < -0.39 is 0 Å². The maximum Gasteiger partial charge on any atom is 0.309 e. The van der Waals surface area contributed by atoms with Crippen LogP contribution in [0.25, 0.3) is 0 Å². The van der Waals surface area contributed by atoms with Gasteiger partial charge >= 0.3 is 5.97 Å². The van der Waals surface area contributed by atoms with Crippen molar-refractivity contribution in [2.45, 2.75) is 26.3 Å². The Kier molecular flexibility index (Phi) is 5.08. The fraction of sp³-hybridized carbons (Fsp3) is 0.900. The number of hydrogen-bond acceptors (Lipinski definition) is 4. The number of carbonyl (C=O) groups is 1. The molecule has 0 bridgehead atoms. The molecule has 0 heterocycles. The molecule has 0 rings (SSSR count). The van der Waals surface area contributed by atoms with Crippen molar-refractivity contribution >= 4 is 5.97 Å². The number of carbonyl (C=O) groups excluding carboxylic acids is 1. The molecule has 0 aromatic rings. The number of aliphatic hydroxyl groups is 1. The lowest BCUT2D eigenvalue weighted by Crippen LogP contribution is -2.47. The van der Waals surface area contributed by atoms with Crippen molar-refractivity contribution in [3.8, 4) is 0 Å². The van der Waals surface area contributed by atoms with Gasteiger partial charge in [0.25, 0.3) is 0 Å². The summed E-state index contributed by atoms with van der Waals surface area (Å²) in [5.41, 5.74) is -0.303. The summed E-state index contributed by atoms with van der Waals surface area (Å²) in [5.74, 6) is -0.388. The van der Waals surface area contributed by atoms with Crippen molar-refractivity contribution in [3.63, 3.8) is 0 Å². The largest absolute Gasteiger partial charge is 0.469 e. The van der Waals surface area contributed by atoms with Crippen LogP contribution in [0.2, 0.25) is 0 Å². The van der Waals surface area contributed by atoms with E-state index in [2.05, 4.69) is 4.74 Å². The zero-order valence-electron chi connectivity index (χ0n) is 9.70. The molecule has 14 heavy (non-hydrogen) atoms. The predicted octanol–water partition coefficient (Wildman–Crippen LogP) is 0.498. The maximum absolute atomic E-state index is 11.2. The van der Waals surface area contributed by atoms with Gasteiger partial charge in [-0.2, -0.15) is 0 Å². The molecule has 0 radical (unpaired) electrons. The molecule has 0 aliphatic carbocycles. The Morgan fingerprint density at radius 2 is 2.07 bits per heavy atom. The van der Waals surface area contributed by atoms with Gasteiger partial charge in [0.15, 0.2) is 0 Å². The number of nitrogens with zero attached hydrogens (tertiary/aromatic N) is 1. The molecule has 1 unspecified atom stereocenters. The van der Waals surface area contributed by atoms with E-state index in [4.69, 9.17) is 5.11 Å². The van der Waals surface area contributed by atoms with E-state index >= 15 is 0 Å². The Morgan fingerprint density at radius 1 is 1.57 bits per heavy atom. The van der Waals surface area contributed by atoms with E-state index in [9.17, 15) is 4.79 Å². The van der Waals surface area contributed by atoms with Gasteiger partial charge in [0.2, 0.25) is 0 Å². The number of aliphatic hydroxyl groups excluding tert-OH is 1. The number of ether oxygens (including phenoxy) is 1. The summed E-state index contributed by atoms with van der Waals surface area (Å²) in [6.45, 7) is 6.32. The highest BCUT2D eigenvalue weighted by Crippen LogP contribution is 2.13. The van der Waals surface area contributed by atoms with Gasteiger partial charge in [0, 0.05) is 12.1 Å². The summed E-state index contributed by atoms with van der Waals surface area (Å²) < 4.78 is 4.63. The molecular weight excluding hydrogens is 182 g/mol. The highest BCUT2D eigenvalue weighted by Gasteiger charge is 2.26. The van der Waals surface area contributed by atoms with Crippen LogP contribution < -0.4 is 0 Å². The Hall–Kier alpha value is -0.610. The number of esters is 1. The first kappa shape index (κ1) is 13.4. The van der Waals surface area contributed by atoms with Gasteiger partial charge in [0.05, 0.1) is 19.6 Å². The Bertz CT molecular complexity index is 192. The van der Waals surface area contributed by atoms with Crippen LogP contribution >= 0.6 is 0 Å². The summed E-state index contributed by atoms with van der Waals surface area (Å²) in [6, 6.07) is 0. The third-order valence-corrected chi connectivity index (χ3v) is 2.57. The lowest BCUT2D eigenvalue weighted by Gasteiger charge is -2.35. The Labute approximate surface area is 85.9 Å². The molecule has 84 valence electrons. The van der Waals surface area contributed by atoms with E-state index in [1.54, 1.807) is 0 Å². The van der Waals surface area contributed by atoms with Crippen LogP contribution in [0, 0.1) is 5.92 Å². The summed E-state index contributed by atoms with van der Waals surface area (Å²) in [5, 5.41) is 9.12. The van der Waals surface area contributed by atoms with Crippen LogP contribution in [-0.2, 0) is 9.53 Å². The van der Waals surface area contributed by atoms with Gasteiger partial charge in [-0.1, -0.05) is 6.92 Å². The predicted molar refractivity (Wildman–Crippen MR) is 55.0 cm³/mol. The molecule has 0 saturated heterocycles. The van der Waals surface area contributed by atoms with Crippen molar-refractivity contribution in [3.05, 3.63) is 0 Å². The zero-order chi connectivity index (χ0) is 11.4. The molecule has 0 amide bonds. The van der Waals surface area contributed by atoms with E-state index in [1.807, 2.05) is 32.7 Å². The Balaban J connectivity index is 4.18. The van der Waals surface area contributed by atoms with Crippen LogP contribution in [0.15, 0.2) is 0 Å². The lowest BCUT2D eigenvalue weighted by atomic mass is 10.0. The molecule has 1 N–H and O–H groups in total. The van der Waals surface area contributed by atoms with Gasteiger partial charge in [0.1, 0.15) is 0 Å². The van der Waals surface area contributed by atoms with Gasteiger partial charge in [-0.25, -0.2) is 0 Å². The van der Waals surface area contributed by atoms with Crippen molar-refractivity contribution in [2.24, 2.45) is 5.92 Å². The lowest BCUT2D eigenvalue weighted by molar-refractivity contribution is -0.145. The first-order chi connectivity index (χ1) is 6.35. The van der Waals surface area contributed by atoms with Crippen molar-refractivity contribution in [1.29, 1.82) is 0 Å². The third-order valence-electron chi connectivity index (χ3n) is 2.57. The molecule has 0 aromatic heterocycles. The fourth-order valence-corrected chi connectivity index (χ4v) is 1.05. The highest BCUT2D eigenvalue weighted by atomic mass is 16.5. The van der Waals surface area contributed by atoms with Crippen LogP contribution in [0.4, 0.5) is 0 Å². The standard InChI is InChI=1S/C10H21NO3/c1-8(9(13)14-5)6-11(4)10(2,3)7-12/h8,12H,6-7H2,1-5H3. The van der Waals surface area contributed by atoms with Gasteiger partial charge in [-0.3, -0.25) is 9.69 Å². The smallest absolute Gasteiger partial charge is 0.309 e. The molecule has 1 atom stereocenters. The van der Waals surface area contributed by atoms with Gasteiger partial charge < -0.3 is 9.84 Å². The third kappa shape index (κ3) is 3.64. The van der Waals surface area contributed by atoms with Crippen molar-refractivity contribution in [2.75, 3.05) is 27.3 Å². The van der Waals surface area contributed by atoms with Crippen molar-refractivity contribution in [1.82, 2.24) is 4.90 Å². The SMILES string of the molecule is COC(=O)C(C)CN(C)C(C)(C)CO. The van der Waals surface area contributed by atoms with Crippen LogP contribution in [0.3, 0.4) is 0 Å². The second-order valence-electron chi connectivity index (χ2n) is 4.28. The van der Waals surface area contributed by atoms with E-state index in [-0.39, 0.29) is 24.0 Å². The second kappa shape index (κ2) is 5.32. The highest BCUT2D eigenvalue weighted by molar-refractivity contribution is 5.72. The number of rotatable bonds is 5. The van der Waals surface area contributed by atoms with Gasteiger partial charge in [-0.15, -0.1) is 0 Å². The molecule has 0 fully saturated rings. The van der Waals surface area contributed by atoms with Crippen LogP contribution in [0.1, 0.15) is 20.8 Å². The molecule has 4 nitrogen and oxygen atoms in total. The van der Waals surface area contributed by atoms with Crippen molar-refractivity contribution < 1.29 is 14.6 Å². The molecule has 0 aliphatic rings. The summed E-state index contributed by atoms with van der Waals surface area (Å²) >= 11 is 0. The topological polar surface area (TPSA) is 49.8 Å². The Morgan fingerprint density at radius 3 is 2.43 bits per heavy atom. The molecule has 0 aromatic carbocycles. The molecule has 0 saturated carbocycles. The first-order valence-corrected chi connectivity index (χ1v) is 4.75. The number of likely N-dealkylation sites (N-methyl/N-ethyl adjacent to an activating group) is 1. The molecular formula is C10H21NO3. The molecule has 0 aliphatic heterocycles. The van der Waals surface area contributed by atoms with Crippen LogP contribution in [-0.4, -0.2) is 48.8 Å². The zero-order valence-corrected chi connectivity index (χ0v) is 9.70. The summed E-state index contributed by atoms with van der Waals surface area (Å²) in [7, 11) is 3.27. The minimum absolute atomic E-state index is 0.0669. The minimum atomic E-state index is -0.303. The first-order valence-electron chi connectivity index (χ1n) is 4.75. The minimum Gasteiger partial charge on any atom is -0.469 e. The number of methoxy groups -OCH3 is 1. The average molecular weight is 203 g/mol. The number of hydrogen-bond donors (Lipinski definition) is 1. The van der Waals surface area contributed by atoms with Gasteiger partial charge in [-0.05, 0) is 20.9 Å². The van der Waals surface area contributed by atoms with E-state index in [0.717, 1.165) is 0 Å². The normalized spacial score (nSPS) is 14.2.